The van der Waals surface area contributed by atoms with Crippen LogP contribution in [0.2, 0.25) is 0 Å². The Morgan fingerprint density at radius 1 is 0.857 bits per heavy atom. The Morgan fingerprint density at radius 2 is 1.43 bits per heavy atom. The number of hydrogen-bond acceptors (Lipinski definition) is 5. The van der Waals surface area contributed by atoms with E-state index in [-0.39, 0.29) is 29.1 Å². The molecule has 2 saturated heterocycles. The minimum absolute atomic E-state index is 0.00397. The van der Waals surface area contributed by atoms with Gasteiger partial charge in [0.1, 0.15) is 5.78 Å². The van der Waals surface area contributed by atoms with Gasteiger partial charge in [0.15, 0.2) is 0 Å². The zero-order valence-corrected chi connectivity index (χ0v) is 24.1. The third-order valence-corrected chi connectivity index (χ3v) is 11.5. The first-order valence-electron chi connectivity index (χ1n) is 11.4. The van der Waals surface area contributed by atoms with Crippen molar-refractivity contribution in [2.45, 2.75) is 35.9 Å². The summed E-state index contributed by atoms with van der Waals surface area (Å²) in [6, 6.07) is 25.5. The Hall–Kier alpha value is -1.24. The van der Waals surface area contributed by atoms with Crippen LogP contribution < -0.4 is 0 Å². The number of ketones is 1. The van der Waals surface area contributed by atoms with E-state index in [2.05, 4.69) is 53.6 Å². The van der Waals surface area contributed by atoms with Crippen molar-refractivity contribution in [3.8, 4) is 0 Å². The van der Waals surface area contributed by atoms with Gasteiger partial charge < -0.3 is 0 Å². The maximum Gasteiger partial charge on any atom is 0.243 e. The summed E-state index contributed by atoms with van der Waals surface area (Å²) in [5, 5.41) is 0. The van der Waals surface area contributed by atoms with E-state index in [9.17, 15) is 13.2 Å². The van der Waals surface area contributed by atoms with Gasteiger partial charge in [0.2, 0.25) is 10.0 Å². The highest BCUT2D eigenvalue weighted by atomic mass is 127. The molecular weight excluding hydrogens is 659 g/mol. The molecule has 0 unspecified atom stereocenters. The van der Waals surface area contributed by atoms with Crippen molar-refractivity contribution < 1.29 is 13.2 Å². The van der Waals surface area contributed by atoms with E-state index in [1.54, 1.807) is 37.7 Å². The van der Waals surface area contributed by atoms with Crippen LogP contribution in [0.3, 0.4) is 0 Å². The summed E-state index contributed by atoms with van der Waals surface area (Å²) < 4.78 is 33.1. The lowest BCUT2D eigenvalue weighted by Crippen LogP contribution is -2.59. The van der Waals surface area contributed by atoms with E-state index in [4.69, 9.17) is 0 Å². The summed E-state index contributed by atoms with van der Waals surface area (Å²) >= 11 is 5.67. The van der Waals surface area contributed by atoms with Crippen molar-refractivity contribution in [1.29, 1.82) is 0 Å². The third-order valence-electron chi connectivity index (χ3n) is 6.94. The number of benzene rings is 3. The summed E-state index contributed by atoms with van der Waals surface area (Å²) in [7, 11) is -2.28. The highest BCUT2D eigenvalue weighted by Crippen LogP contribution is 2.49. The van der Waals surface area contributed by atoms with Crippen LogP contribution in [0.15, 0.2) is 94.3 Å². The predicted molar refractivity (Wildman–Crippen MR) is 151 cm³/mol. The number of carbonyl (C=O) groups is 1. The lowest BCUT2D eigenvalue weighted by atomic mass is 9.77. The monoisotopic (exact) mass is 682 g/mol. The van der Waals surface area contributed by atoms with Gasteiger partial charge in [-0.1, -0.05) is 76.6 Å². The summed E-state index contributed by atoms with van der Waals surface area (Å²) in [6.45, 7) is 0.518. The molecule has 0 aliphatic carbocycles. The van der Waals surface area contributed by atoms with Gasteiger partial charge >= 0.3 is 0 Å². The molecule has 2 heterocycles. The number of halogens is 2. The second kappa shape index (κ2) is 10.6. The average Bonchev–Trinajstić information content (AvgIpc) is 2.89. The first-order valence-corrected chi connectivity index (χ1v) is 16.9. The van der Waals surface area contributed by atoms with Crippen LogP contribution in [0, 0.1) is 5.92 Å². The number of hydrogen-bond donors (Lipinski definition) is 0. The van der Waals surface area contributed by atoms with Crippen molar-refractivity contribution in [2.75, 3.05) is 6.54 Å². The molecule has 3 aromatic carbocycles. The number of sulfonamides is 1. The van der Waals surface area contributed by atoms with Gasteiger partial charge in [0, 0.05) is 56.6 Å². The summed E-state index contributed by atoms with van der Waals surface area (Å²) in [6.07, 6.45) is 0.728. The molecule has 0 saturated carbocycles. The van der Waals surface area contributed by atoms with E-state index in [0.29, 0.717) is 13.0 Å². The van der Waals surface area contributed by atoms with Gasteiger partial charge in [-0.25, -0.2) is 12.7 Å². The van der Waals surface area contributed by atoms with E-state index in [0.717, 1.165) is 15.6 Å². The van der Waals surface area contributed by atoms with Crippen LogP contribution in [0.5, 0.6) is 0 Å². The largest absolute Gasteiger partial charge is 0.299 e. The molecule has 0 bridgehead atoms. The third kappa shape index (κ3) is 5.00. The smallest absolute Gasteiger partial charge is 0.243 e. The lowest BCUT2D eigenvalue weighted by Gasteiger charge is -2.51. The van der Waals surface area contributed by atoms with E-state index in [1.165, 1.54) is 0 Å². The highest BCUT2D eigenvalue weighted by Gasteiger charge is 2.52. The Morgan fingerprint density at radius 3 is 2.00 bits per heavy atom. The normalized spacial score (nSPS) is 25.8. The van der Waals surface area contributed by atoms with Gasteiger partial charge in [-0.2, -0.15) is 4.31 Å². The molecule has 0 aromatic heterocycles. The minimum Gasteiger partial charge on any atom is -0.299 e. The first-order chi connectivity index (χ1) is 16.9. The average molecular weight is 683 g/mol. The van der Waals surface area contributed by atoms with Crippen LogP contribution in [0.25, 0.3) is 0 Å². The molecule has 2 fully saturated rings. The van der Waals surface area contributed by atoms with Crippen LogP contribution in [0.4, 0.5) is 0 Å². The van der Waals surface area contributed by atoms with Crippen LogP contribution >= 0.6 is 46.3 Å². The van der Waals surface area contributed by atoms with Gasteiger partial charge in [-0.05, 0) is 50.9 Å². The summed E-state index contributed by atoms with van der Waals surface area (Å²) in [5.74, 6) is -0.240. The maximum absolute atomic E-state index is 14.2. The number of nitrogens with zero attached hydrogens (tertiary/aromatic N) is 2. The first kappa shape index (κ1) is 25.4. The summed E-state index contributed by atoms with van der Waals surface area (Å²) in [4.78, 5) is 13.8. The number of Topliss-reactive ketones (excluding diaryl/α,β-unsaturated/α-hetero) is 1. The van der Waals surface area contributed by atoms with Crippen molar-refractivity contribution in [2.24, 2.45) is 5.92 Å². The SMILES string of the molecule is O=C1C[C@@H](c2ccccc2)N(S(=O)(=O)c2ccc(Br)cc2)[C@H]2C[C@@H](c3ccccc3)N(SI)C[C@@H]12. The van der Waals surface area contributed by atoms with Crippen LogP contribution in [-0.4, -0.2) is 35.4 Å². The molecule has 0 N–H and O–H groups in total. The number of piperidine rings is 2. The van der Waals surface area contributed by atoms with E-state index in [1.807, 2.05) is 48.5 Å². The Bertz CT molecular complexity index is 1290. The molecule has 182 valence electrons. The number of rotatable bonds is 5. The fourth-order valence-corrected chi connectivity index (χ4v) is 9.22. The molecule has 0 radical (unpaired) electrons. The molecule has 0 amide bonds. The van der Waals surface area contributed by atoms with Gasteiger partial charge in [0.05, 0.1) is 10.9 Å². The molecule has 4 atom stereocenters. The minimum atomic E-state index is -3.87. The number of fused-ring (bicyclic) bond motifs is 1. The summed E-state index contributed by atoms with van der Waals surface area (Å²) in [5.41, 5.74) is 1.98. The standard InChI is InChI=1S/C26H24BrIN2O3S2/c27-20-11-13-21(14-12-20)35(32,33)30-24(19-9-5-2-6-10-19)16-26(31)22-17-29(34-28)23(15-25(22)30)18-7-3-1-4-8-18/h1-14,22-25H,15-17H2/t22-,23+,24+,25+/m1/s1. The van der Waals surface area contributed by atoms with Crippen molar-refractivity contribution in [1.82, 2.24) is 8.61 Å². The van der Waals surface area contributed by atoms with E-state index >= 15 is 0 Å². The zero-order chi connectivity index (χ0) is 24.6. The molecular formula is C26H24BrIN2O3S2. The second-order valence-corrected chi connectivity index (χ2v) is 13.4. The molecule has 35 heavy (non-hydrogen) atoms. The van der Waals surface area contributed by atoms with Crippen molar-refractivity contribution >= 4 is 62.1 Å². The Balaban J connectivity index is 1.63. The Labute approximate surface area is 231 Å². The zero-order valence-electron chi connectivity index (χ0n) is 18.7. The molecule has 0 spiro atoms. The quantitative estimate of drug-likeness (QED) is 0.225. The molecule has 2 aliphatic rings. The van der Waals surface area contributed by atoms with Gasteiger partial charge in [0.25, 0.3) is 0 Å². The lowest BCUT2D eigenvalue weighted by molar-refractivity contribution is -0.131. The van der Waals surface area contributed by atoms with Crippen LogP contribution in [-0.2, 0) is 14.8 Å². The molecule has 2 aliphatic heterocycles. The molecule has 5 nitrogen and oxygen atoms in total. The molecule has 5 rings (SSSR count). The second-order valence-electron chi connectivity index (χ2n) is 8.89. The van der Waals surface area contributed by atoms with Crippen molar-refractivity contribution in [3.63, 3.8) is 0 Å². The fourth-order valence-electron chi connectivity index (χ4n) is 5.28. The van der Waals surface area contributed by atoms with Crippen molar-refractivity contribution in [3.05, 3.63) is 101 Å². The fraction of sp³-hybridized carbons (Fsp3) is 0.269. The van der Waals surface area contributed by atoms with E-state index < -0.39 is 22.1 Å². The maximum atomic E-state index is 14.2. The van der Waals surface area contributed by atoms with Gasteiger partial charge in [-0.15, -0.1) is 0 Å². The highest BCUT2D eigenvalue weighted by molar-refractivity contribution is 14.2. The predicted octanol–water partition coefficient (Wildman–Crippen LogP) is 6.58. The molecule has 3 aromatic rings. The number of carbonyl (C=O) groups excluding carboxylic acids is 1. The molecule has 9 heteroatoms. The van der Waals surface area contributed by atoms with Gasteiger partial charge in [-0.3, -0.25) is 4.79 Å². The topological polar surface area (TPSA) is 57.7 Å². The van der Waals surface area contributed by atoms with Crippen LogP contribution in [0.1, 0.15) is 36.1 Å². The Kier molecular flexibility index (Phi) is 7.72.